The number of amides is 2. The van der Waals surface area contributed by atoms with Gasteiger partial charge in [0.15, 0.2) is 0 Å². The minimum atomic E-state index is -0.811. The average molecular weight is 457 g/mol. The van der Waals surface area contributed by atoms with E-state index in [2.05, 4.69) is 22.8 Å². The van der Waals surface area contributed by atoms with Gasteiger partial charge in [-0.05, 0) is 37.5 Å². The first-order valence-electron chi connectivity index (χ1n) is 10.4. The molecule has 2 amide bonds. The van der Waals surface area contributed by atoms with Crippen LogP contribution in [0.25, 0.3) is 0 Å². The third kappa shape index (κ3) is 8.50. The summed E-state index contributed by atoms with van der Waals surface area (Å²) in [5.74, 6) is 0.156. The molecule has 0 spiro atoms. The van der Waals surface area contributed by atoms with E-state index in [4.69, 9.17) is 0 Å². The van der Waals surface area contributed by atoms with Crippen molar-refractivity contribution in [1.29, 1.82) is 0 Å². The topological polar surface area (TPSA) is 114 Å². The maximum atomic E-state index is 12.7. The van der Waals surface area contributed by atoms with Crippen molar-refractivity contribution in [3.05, 3.63) is 75.8 Å². The number of rotatable bonds is 12. The van der Waals surface area contributed by atoms with Crippen LogP contribution in [0, 0.1) is 10.1 Å². The number of carbonyl (C=O) groups is 2. The van der Waals surface area contributed by atoms with Crippen molar-refractivity contribution in [1.82, 2.24) is 10.7 Å². The largest absolute Gasteiger partial charge is 0.339 e. The fourth-order valence-electron chi connectivity index (χ4n) is 2.74. The monoisotopic (exact) mass is 456 g/mol. The van der Waals surface area contributed by atoms with E-state index in [1.165, 1.54) is 36.0 Å². The summed E-state index contributed by atoms with van der Waals surface area (Å²) in [7, 11) is 0. The number of nitrogens with one attached hydrogen (secondary N) is 2. The highest BCUT2D eigenvalue weighted by Gasteiger charge is 2.22. The molecule has 0 bridgehead atoms. The van der Waals surface area contributed by atoms with E-state index in [0.717, 1.165) is 30.5 Å². The van der Waals surface area contributed by atoms with Gasteiger partial charge in [0, 0.05) is 34.9 Å². The number of benzene rings is 2. The van der Waals surface area contributed by atoms with Crippen LogP contribution >= 0.6 is 11.8 Å². The van der Waals surface area contributed by atoms with Gasteiger partial charge in [0.1, 0.15) is 6.04 Å². The highest BCUT2D eigenvalue weighted by molar-refractivity contribution is 7.98. The van der Waals surface area contributed by atoms with Crippen LogP contribution in [0.1, 0.15) is 49.0 Å². The summed E-state index contributed by atoms with van der Waals surface area (Å²) in [5.41, 5.74) is 4.62. The fraction of sp³-hybridized carbons (Fsp3) is 0.348. The molecule has 8 nitrogen and oxygen atoms in total. The Morgan fingerprint density at radius 2 is 1.81 bits per heavy atom. The van der Waals surface area contributed by atoms with Crippen LogP contribution in [0.5, 0.6) is 0 Å². The summed E-state index contributed by atoms with van der Waals surface area (Å²) < 4.78 is 0. The Kier molecular flexibility index (Phi) is 10.4. The number of hydrogen-bond acceptors (Lipinski definition) is 6. The molecule has 1 unspecified atom stereocenters. The van der Waals surface area contributed by atoms with Gasteiger partial charge < -0.3 is 5.32 Å². The van der Waals surface area contributed by atoms with Crippen molar-refractivity contribution >= 4 is 35.0 Å². The molecule has 2 aromatic carbocycles. The first-order valence-corrected chi connectivity index (χ1v) is 11.6. The van der Waals surface area contributed by atoms with Gasteiger partial charge in [0.2, 0.25) is 0 Å². The van der Waals surface area contributed by atoms with E-state index in [9.17, 15) is 19.7 Å². The number of unbranched alkanes of at least 4 members (excludes halogenated alkanes) is 1. The number of nitrogens with zero attached hydrogens (tertiary/aromatic N) is 2. The Bertz CT molecular complexity index is 933. The minimum absolute atomic E-state index is 0.105. The molecule has 0 aliphatic carbocycles. The molecule has 0 aliphatic rings. The predicted octanol–water partition coefficient (Wildman–Crippen LogP) is 4.31. The normalized spacial score (nSPS) is 12.1. The number of thioether (sulfide) groups is 1. The maximum Gasteiger partial charge on any atom is 0.269 e. The zero-order chi connectivity index (χ0) is 23.3. The molecule has 2 aromatic rings. The maximum absolute atomic E-state index is 12.7. The third-order valence-electron chi connectivity index (χ3n) is 4.61. The molecule has 0 fully saturated rings. The zero-order valence-corrected chi connectivity index (χ0v) is 19.1. The van der Waals surface area contributed by atoms with E-state index in [-0.39, 0.29) is 11.3 Å². The Labute approximate surface area is 192 Å². The molecule has 32 heavy (non-hydrogen) atoms. The van der Waals surface area contributed by atoms with Crippen LogP contribution in [0.3, 0.4) is 0 Å². The van der Waals surface area contributed by atoms with Crippen molar-refractivity contribution in [3.63, 3.8) is 0 Å². The number of hydrogen-bond donors (Lipinski definition) is 2. The van der Waals surface area contributed by atoms with Crippen LogP contribution in [0.15, 0.2) is 59.7 Å². The molecule has 9 heteroatoms. The van der Waals surface area contributed by atoms with Crippen LogP contribution in [0.2, 0.25) is 0 Å². The lowest BCUT2D eigenvalue weighted by atomic mass is 10.2. The lowest BCUT2D eigenvalue weighted by Crippen LogP contribution is -2.47. The van der Waals surface area contributed by atoms with E-state index in [1.54, 1.807) is 0 Å². The van der Waals surface area contributed by atoms with Gasteiger partial charge in [-0.25, -0.2) is 5.43 Å². The van der Waals surface area contributed by atoms with E-state index in [0.29, 0.717) is 11.5 Å². The molecule has 1 atom stereocenters. The lowest BCUT2D eigenvalue weighted by molar-refractivity contribution is -0.384. The summed E-state index contributed by atoms with van der Waals surface area (Å²) in [5, 5.41) is 17.7. The van der Waals surface area contributed by atoms with Gasteiger partial charge in [-0.1, -0.05) is 43.7 Å². The molecule has 2 N–H and O–H groups in total. The molecule has 0 saturated heterocycles. The minimum Gasteiger partial charge on any atom is -0.339 e. The lowest BCUT2D eigenvalue weighted by Gasteiger charge is -2.17. The van der Waals surface area contributed by atoms with E-state index < -0.39 is 22.8 Å². The van der Waals surface area contributed by atoms with Crippen LogP contribution in [-0.2, 0) is 10.5 Å². The molecule has 0 aliphatic heterocycles. The summed E-state index contributed by atoms with van der Waals surface area (Å²) >= 11 is 1.52. The first-order chi connectivity index (χ1) is 15.4. The summed E-state index contributed by atoms with van der Waals surface area (Å²) in [4.78, 5) is 35.7. The van der Waals surface area contributed by atoms with Gasteiger partial charge in [-0.3, -0.25) is 19.7 Å². The Morgan fingerprint density at radius 3 is 2.44 bits per heavy atom. The van der Waals surface area contributed by atoms with Crippen molar-refractivity contribution in [2.24, 2.45) is 5.10 Å². The molecular formula is C23H28N4O4S. The molecule has 0 aromatic heterocycles. The molecule has 2 rings (SSSR count). The number of non-ortho nitro benzene ring substituents is 1. The molecule has 0 radical (unpaired) electrons. The predicted molar refractivity (Wildman–Crippen MR) is 128 cm³/mol. The van der Waals surface area contributed by atoms with Gasteiger partial charge in [0.05, 0.1) is 4.92 Å². The van der Waals surface area contributed by atoms with Crippen LogP contribution in [-0.4, -0.2) is 34.2 Å². The van der Waals surface area contributed by atoms with Gasteiger partial charge in [-0.2, -0.15) is 16.9 Å². The van der Waals surface area contributed by atoms with Crippen molar-refractivity contribution in [2.45, 2.75) is 44.9 Å². The van der Waals surface area contributed by atoms with Gasteiger partial charge >= 0.3 is 0 Å². The first kappa shape index (κ1) is 25.1. The third-order valence-corrected chi connectivity index (χ3v) is 5.71. The SMILES string of the molecule is CCCC/C(C)=N\NC(=O)C(CSCc1ccccc1)NC(=O)c1ccc([N+](=O)[O-])cc1. The summed E-state index contributed by atoms with van der Waals surface area (Å²) in [6.45, 7) is 3.93. The molecule has 0 heterocycles. The van der Waals surface area contributed by atoms with Crippen molar-refractivity contribution in [3.8, 4) is 0 Å². The fourth-order valence-corrected chi connectivity index (χ4v) is 3.76. The highest BCUT2D eigenvalue weighted by atomic mass is 32.2. The number of nitro benzene ring substituents is 1. The van der Waals surface area contributed by atoms with Crippen molar-refractivity contribution in [2.75, 3.05) is 5.75 Å². The number of carbonyl (C=O) groups excluding carboxylic acids is 2. The van der Waals surface area contributed by atoms with Gasteiger partial charge in [0.25, 0.3) is 17.5 Å². The summed E-state index contributed by atoms with van der Waals surface area (Å²) in [6, 6.07) is 14.3. The van der Waals surface area contributed by atoms with Crippen LogP contribution in [0.4, 0.5) is 5.69 Å². The number of nitro groups is 1. The number of hydrazone groups is 1. The zero-order valence-electron chi connectivity index (χ0n) is 18.2. The van der Waals surface area contributed by atoms with Crippen LogP contribution < -0.4 is 10.7 Å². The van der Waals surface area contributed by atoms with Gasteiger partial charge in [-0.15, -0.1) is 0 Å². The Morgan fingerprint density at radius 1 is 1.12 bits per heavy atom. The summed E-state index contributed by atoms with van der Waals surface area (Å²) in [6.07, 6.45) is 2.81. The molecule has 170 valence electrons. The molecule has 0 saturated carbocycles. The quantitative estimate of drug-likeness (QED) is 0.281. The second kappa shape index (κ2) is 13.3. The second-order valence-corrected chi connectivity index (χ2v) is 8.29. The smallest absolute Gasteiger partial charge is 0.269 e. The van der Waals surface area contributed by atoms with E-state index in [1.807, 2.05) is 37.3 Å². The molecular weight excluding hydrogens is 428 g/mol. The van der Waals surface area contributed by atoms with Crippen molar-refractivity contribution < 1.29 is 14.5 Å². The van der Waals surface area contributed by atoms with E-state index >= 15 is 0 Å². The standard InChI is InChI=1S/C23H28N4O4S/c1-3-4-8-17(2)25-26-23(29)21(16-32-15-18-9-6-5-7-10-18)24-22(28)19-11-13-20(14-12-19)27(30)31/h5-7,9-14,21H,3-4,8,15-16H2,1-2H3,(H,24,28)(H,26,29)/b25-17-. The second-order valence-electron chi connectivity index (χ2n) is 7.26. The highest BCUT2D eigenvalue weighted by Crippen LogP contribution is 2.15. The Balaban J connectivity index is 2.04. The Hall–Kier alpha value is -3.20. The average Bonchev–Trinajstić information content (AvgIpc) is 2.81.